The minimum Gasteiger partial charge on any atom is -0.343 e. The Bertz CT molecular complexity index is 1150. The smallest absolute Gasteiger partial charge is 0.223 e. The first-order chi connectivity index (χ1) is 13.1. The fourth-order valence-corrected chi connectivity index (χ4v) is 3.94. The highest BCUT2D eigenvalue weighted by atomic mass is 35.5. The van der Waals surface area contributed by atoms with Crippen LogP contribution in [-0.4, -0.2) is 30.4 Å². The molecule has 0 fully saturated rings. The van der Waals surface area contributed by atoms with Crippen molar-refractivity contribution in [2.24, 2.45) is 0 Å². The van der Waals surface area contributed by atoms with Gasteiger partial charge in [-0.1, -0.05) is 40.9 Å². The number of nitrogens with zero attached hydrogens (tertiary/aromatic N) is 3. The van der Waals surface area contributed by atoms with Crippen molar-refractivity contribution in [3.05, 3.63) is 62.2 Å². The summed E-state index contributed by atoms with van der Waals surface area (Å²) < 4.78 is 20.1. The number of hydrogen-bond acceptors (Lipinski definition) is 6. The standard InChI is InChI=1S/C17H17Cl3N6OS/c1-8-13(20)7-22-17(24-8)25-14(10-4-5-11(18)12(19)6-10)15-23-9(2)16(26-15)28(3,21)27/h4-7,14,21H,1-3H3,(H,23,26)(H,22,24,25). The van der Waals surface area contributed by atoms with Crippen molar-refractivity contribution in [2.45, 2.75) is 24.9 Å². The summed E-state index contributed by atoms with van der Waals surface area (Å²) in [6, 6.07) is 4.61. The molecule has 0 aliphatic heterocycles. The zero-order valence-corrected chi connectivity index (χ0v) is 18.3. The number of nitrogens with one attached hydrogen (secondary N) is 3. The lowest BCUT2D eigenvalue weighted by Crippen LogP contribution is -2.16. The summed E-state index contributed by atoms with van der Waals surface area (Å²) in [5.41, 5.74) is 1.90. The lowest BCUT2D eigenvalue weighted by molar-refractivity contribution is 0.675. The van der Waals surface area contributed by atoms with E-state index in [1.165, 1.54) is 12.5 Å². The first-order valence-electron chi connectivity index (χ1n) is 8.07. The third-order valence-electron chi connectivity index (χ3n) is 3.97. The van der Waals surface area contributed by atoms with Gasteiger partial charge >= 0.3 is 0 Å². The Balaban J connectivity index is 2.11. The Labute approximate surface area is 177 Å². The maximum Gasteiger partial charge on any atom is 0.223 e. The van der Waals surface area contributed by atoms with E-state index in [2.05, 4.69) is 25.3 Å². The third kappa shape index (κ3) is 4.41. The number of H-pyrrole nitrogens is 1. The molecule has 3 rings (SSSR count). The summed E-state index contributed by atoms with van der Waals surface area (Å²) in [5.74, 6) is 0.778. The molecular formula is C17H17Cl3N6OS. The van der Waals surface area contributed by atoms with Crippen LogP contribution in [0.1, 0.15) is 28.8 Å². The van der Waals surface area contributed by atoms with E-state index < -0.39 is 15.8 Å². The molecule has 3 N–H and O–H groups in total. The molecule has 0 saturated carbocycles. The summed E-state index contributed by atoms with van der Waals surface area (Å²) in [5, 5.41) is 4.63. The Morgan fingerprint density at radius 3 is 2.43 bits per heavy atom. The van der Waals surface area contributed by atoms with E-state index >= 15 is 0 Å². The number of anilines is 1. The van der Waals surface area contributed by atoms with Gasteiger partial charge in [-0.05, 0) is 31.5 Å². The van der Waals surface area contributed by atoms with Crippen LogP contribution in [0.3, 0.4) is 0 Å². The van der Waals surface area contributed by atoms with Crippen LogP contribution >= 0.6 is 34.8 Å². The fraction of sp³-hybridized carbons (Fsp3) is 0.235. The van der Waals surface area contributed by atoms with Crippen molar-refractivity contribution in [1.29, 1.82) is 4.78 Å². The van der Waals surface area contributed by atoms with Crippen molar-refractivity contribution in [3.8, 4) is 0 Å². The van der Waals surface area contributed by atoms with Crippen molar-refractivity contribution < 1.29 is 4.21 Å². The van der Waals surface area contributed by atoms with E-state index in [0.29, 0.717) is 38.2 Å². The van der Waals surface area contributed by atoms with Gasteiger partial charge in [-0.15, -0.1) is 0 Å². The Morgan fingerprint density at radius 1 is 1.14 bits per heavy atom. The first-order valence-corrected chi connectivity index (χ1v) is 11.2. The molecule has 2 heterocycles. The lowest BCUT2D eigenvalue weighted by Gasteiger charge is -2.18. The molecule has 7 nitrogen and oxygen atoms in total. The summed E-state index contributed by atoms with van der Waals surface area (Å²) in [6.07, 6.45) is 2.83. The topological polar surface area (TPSA) is 107 Å². The Hall–Kier alpha value is -1.87. The van der Waals surface area contributed by atoms with Crippen molar-refractivity contribution in [3.63, 3.8) is 0 Å². The van der Waals surface area contributed by atoms with Crippen LogP contribution in [0.25, 0.3) is 0 Å². The number of aryl methyl sites for hydroxylation is 2. The highest BCUT2D eigenvalue weighted by Gasteiger charge is 2.23. The van der Waals surface area contributed by atoms with Gasteiger partial charge in [-0.3, -0.25) is 0 Å². The number of aromatic amines is 1. The molecule has 1 aromatic carbocycles. The molecule has 2 unspecified atom stereocenters. The highest BCUT2D eigenvalue weighted by Crippen LogP contribution is 2.31. The largest absolute Gasteiger partial charge is 0.343 e. The molecule has 0 radical (unpaired) electrons. The maximum absolute atomic E-state index is 12.2. The van der Waals surface area contributed by atoms with Gasteiger partial charge in [0.1, 0.15) is 11.9 Å². The summed E-state index contributed by atoms with van der Waals surface area (Å²) in [6.45, 7) is 3.49. The molecule has 0 aliphatic carbocycles. The Morgan fingerprint density at radius 2 is 1.86 bits per heavy atom. The van der Waals surface area contributed by atoms with Gasteiger partial charge in [0, 0.05) is 11.9 Å². The van der Waals surface area contributed by atoms with E-state index in [9.17, 15) is 4.21 Å². The zero-order chi connectivity index (χ0) is 20.6. The Kier molecular flexibility index (Phi) is 5.86. The average Bonchev–Trinajstić information content (AvgIpc) is 3.00. The zero-order valence-electron chi connectivity index (χ0n) is 15.2. The summed E-state index contributed by atoms with van der Waals surface area (Å²) in [4.78, 5) is 16.0. The van der Waals surface area contributed by atoms with Crippen LogP contribution in [0.2, 0.25) is 15.1 Å². The second-order valence-electron chi connectivity index (χ2n) is 6.27. The molecule has 2 atom stereocenters. The quantitative estimate of drug-likeness (QED) is 0.497. The van der Waals surface area contributed by atoms with Gasteiger partial charge in [-0.2, -0.15) is 0 Å². The predicted molar refractivity (Wildman–Crippen MR) is 112 cm³/mol. The van der Waals surface area contributed by atoms with Gasteiger partial charge in [0.05, 0.1) is 36.7 Å². The number of rotatable bonds is 5. The van der Waals surface area contributed by atoms with Crippen LogP contribution in [-0.2, 0) is 9.73 Å². The van der Waals surface area contributed by atoms with E-state index in [4.69, 9.17) is 39.6 Å². The van der Waals surface area contributed by atoms with E-state index in [0.717, 1.165) is 5.56 Å². The SMILES string of the molecule is Cc1nc(NC(c2ccc(Cl)c(Cl)c2)c2nc(S(C)(=N)=O)c(C)[nH]2)ncc1Cl. The van der Waals surface area contributed by atoms with Crippen LogP contribution in [0.4, 0.5) is 5.95 Å². The maximum atomic E-state index is 12.2. The molecule has 11 heteroatoms. The molecule has 0 spiro atoms. The number of aromatic nitrogens is 4. The molecule has 2 aromatic heterocycles. The monoisotopic (exact) mass is 458 g/mol. The predicted octanol–water partition coefficient (Wildman–Crippen LogP) is 5.01. The molecule has 0 aliphatic rings. The number of benzene rings is 1. The van der Waals surface area contributed by atoms with Crippen LogP contribution in [0.15, 0.2) is 29.4 Å². The number of hydrogen-bond donors (Lipinski definition) is 3. The first kappa shape index (κ1) is 20.9. The molecule has 148 valence electrons. The second-order valence-corrected chi connectivity index (χ2v) is 9.57. The minimum absolute atomic E-state index is 0.197. The minimum atomic E-state index is -2.99. The molecule has 28 heavy (non-hydrogen) atoms. The van der Waals surface area contributed by atoms with Gasteiger partial charge in [0.2, 0.25) is 5.95 Å². The van der Waals surface area contributed by atoms with Gasteiger partial charge in [0.25, 0.3) is 0 Å². The highest BCUT2D eigenvalue weighted by molar-refractivity contribution is 7.91. The normalized spacial score (nSPS) is 14.5. The van der Waals surface area contributed by atoms with Crippen molar-refractivity contribution in [1.82, 2.24) is 19.9 Å². The molecule has 0 amide bonds. The van der Waals surface area contributed by atoms with Crippen molar-refractivity contribution >= 4 is 50.5 Å². The summed E-state index contributed by atoms with van der Waals surface area (Å²) >= 11 is 18.2. The van der Waals surface area contributed by atoms with E-state index in [-0.39, 0.29) is 5.03 Å². The fourth-order valence-electron chi connectivity index (χ4n) is 2.64. The van der Waals surface area contributed by atoms with E-state index in [1.807, 2.05) is 0 Å². The van der Waals surface area contributed by atoms with Crippen molar-refractivity contribution in [2.75, 3.05) is 11.6 Å². The molecule has 0 bridgehead atoms. The molecule has 3 aromatic rings. The van der Waals surface area contributed by atoms with Gasteiger partial charge in [0.15, 0.2) is 5.03 Å². The summed E-state index contributed by atoms with van der Waals surface area (Å²) in [7, 11) is -2.99. The number of halogens is 3. The third-order valence-corrected chi connectivity index (χ3v) is 6.22. The second kappa shape index (κ2) is 7.87. The van der Waals surface area contributed by atoms with Gasteiger partial charge in [-0.25, -0.2) is 23.9 Å². The lowest BCUT2D eigenvalue weighted by atomic mass is 10.1. The molecule has 0 saturated heterocycles. The van der Waals surface area contributed by atoms with Crippen LogP contribution in [0.5, 0.6) is 0 Å². The average molecular weight is 460 g/mol. The number of imidazole rings is 1. The van der Waals surface area contributed by atoms with Gasteiger partial charge < -0.3 is 10.3 Å². The van der Waals surface area contributed by atoms with E-state index in [1.54, 1.807) is 32.0 Å². The van der Waals surface area contributed by atoms with Crippen LogP contribution in [0, 0.1) is 18.6 Å². The van der Waals surface area contributed by atoms with Crippen LogP contribution < -0.4 is 5.32 Å². The molecular weight excluding hydrogens is 443 g/mol.